The molecule has 1 saturated heterocycles. The van der Waals surface area contributed by atoms with Crippen LogP contribution in [0, 0.1) is 23.7 Å². The second-order valence-corrected chi connectivity index (χ2v) is 6.38. The monoisotopic (exact) mass is 258 g/mol. The van der Waals surface area contributed by atoms with Crippen LogP contribution >= 0.6 is 0 Å². The van der Waals surface area contributed by atoms with Gasteiger partial charge in [0.05, 0.1) is 12.7 Å². The summed E-state index contributed by atoms with van der Waals surface area (Å²) in [6.07, 6.45) is 6.96. The molecule has 0 unspecified atom stereocenters. The fraction of sp³-hybridized carbons (Fsp3) is 0.588. The molecule has 2 aliphatic rings. The van der Waals surface area contributed by atoms with Crippen LogP contribution in [0.4, 0.5) is 0 Å². The van der Waals surface area contributed by atoms with Crippen molar-refractivity contribution >= 4 is 0 Å². The number of nitrogens with zero attached hydrogens (tertiary/aromatic N) is 1. The van der Waals surface area contributed by atoms with Gasteiger partial charge in [-0.15, -0.1) is 0 Å². The van der Waals surface area contributed by atoms with Gasteiger partial charge in [0.15, 0.2) is 12.4 Å². The van der Waals surface area contributed by atoms with Gasteiger partial charge in [0, 0.05) is 17.5 Å². The molecule has 0 spiro atoms. The molecule has 2 heteroatoms. The third-order valence-electron chi connectivity index (χ3n) is 5.05. The van der Waals surface area contributed by atoms with Crippen LogP contribution in [-0.2, 0) is 11.8 Å². The summed E-state index contributed by atoms with van der Waals surface area (Å²) < 4.78 is 8.35. The maximum absolute atomic E-state index is 6.24. The fourth-order valence-electron chi connectivity index (χ4n) is 4.03. The first kappa shape index (κ1) is 12.9. The van der Waals surface area contributed by atoms with E-state index in [4.69, 9.17) is 4.74 Å². The number of pyridine rings is 1. The molecule has 0 N–H and O–H groups in total. The highest BCUT2D eigenvalue weighted by molar-refractivity contribution is 5.22. The molecular formula is C17H24NO+. The van der Waals surface area contributed by atoms with Gasteiger partial charge in [-0.1, -0.05) is 25.5 Å². The first-order valence-electron chi connectivity index (χ1n) is 7.33. The molecular weight excluding hydrogens is 234 g/mol. The molecule has 19 heavy (non-hydrogen) atoms. The zero-order valence-corrected chi connectivity index (χ0v) is 12.3. The molecule has 0 aromatic carbocycles. The summed E-state index contributed by atoms with van der Waals surface area (Å²) in [5, 5.41) is 0. The van der Waals surface area contributed by atoms with Crippen LogP contribution in [0.1, 0.15) is 32.4 Å². The molecule has 1 aliphatic heterocycles. The van der Waals surface area contributed by atoms with Crippen LogP contribution in [0.5, 0.6) is 0 Å². The largest absolute Gasteiger partial charge is 0.372 e. The van der Waals surface area contributed by atoms with Gasteiger partial charge in [-0.2, -0.15) is 0 Å². The minimum Gasteiger partial charge on any atom is -0.372 e. The molecule has 1 fully saturated rings. The van der Waals surface area contributed by atoms with E-state index in [-0.39, 0.29) is 6.10 Å². The molecule has 1 aromatic heterocycles. The highest BCUT2D eigenvalue weighted by Crippen LogP contribution is 2.49. The normalized spacial score (nSPS) is 37.9. The molecule has 2 bridgehead atoms. The summed E-state index contributed by atoms with van der Waals surface area (Å²) in [6, 6.07) is 4.31. The smallest absolute Gasteiger partial charge is 0.174 e. The second kappa shape index (κ2) is 4.75. The molecule has 1 aromatic rings. The van der Waals surface area contributed by atoms with Crippen molar-refractivity contribution in [3.8, 4) is 0 Å². The van der Waals surface area contributed by atoms with Crippen molar-refractivity contribution in [3.63, 3.8) is 0 Å². The Kier molecular flexibility index (Phi) is 3.22. The summed E-state index contributed by atoms with van der Waals surface area (Å²) in [5.74, 6) is 2.59. The summed E-state index contributed by atoms with van der Waals surface area (Å²) >= 11 is 0. The predicted molar refractivity (Wildman–Crippen MR) is 75.4 cm³/mol. The topological polar surface area (TPSA) is 13.1 Å². The Morgan fingerprint density at radius 1 is 1.32 bits per heavy atom. The van der Waals surface area contributed by atoms with Crippen LogP contribution in [0.15, 0.2) is 36.2 Å². The molecule has 1 aliphatic carbocycles. The van der Waals surface area contributed by atoms with Crippen molar-refractivity contribution in [1.29, 1.82) is 0 Å². The van der Waals surface area contributed by atoms with E-state index in [2.05, 4.69) is 63.0 Å². The van der Waals surface area contributed by atoms with E-state index in [1.54, 1.807) is 0 Å². The molecule has 5 atom stereocenters. The fourth-order valence-corrected chi connectivity index (χ4v) is 4.03. The van der Waals surface area contributed by atoms with Gasteiger partial charge >= 0.3 is 0 Å². The molecule has 3 rings (SSSR count). The number of allylic oxidation sites excluding steroid dienone is 1. The molecule has 0 radical (unpaired) electrons. The molecule has 2 nitrogen and oxygen atoms in total. The SMILES string of the molecule is CC1=C[C@H](C)[C@H]2CO[C@@H](c3ccc[n+](C)c3)[C@H]1[C@@H]2C. The lowest BCUT2D eigenvalue weighted by atomic mass is 9.65. The van der Waals surface area contributed by atoms with Crippen molar-refractivity contribution in [3.05, 3.63) is 41.7 Å². The van der Waals surface area contributed by atoms with Crippen LogP contribution in [0.3, 0.4) is 0 Å². The zero-order chi connectivity index (χ0) is 13.6. The lowest BCUT2D eigenvalue weighted by Gasteiger charge is -2.47. The van der Waals surface area contributed by atoms with E-state index in [1.165, 1.54) is 11.1 Å². The number of ether oxygens (including phenoxy) is 1. The van der Waals surface area contributed by atoms with Gasteiger partial charge in [0.1, 0.15) is 7.05 Å². The van der Waals surface area contributed by atoms with Crippen molar-refractivity contribution in [1.82, 2.24) is 0 Å². The number of rotatable bonds is 1. The van der Waals surface area contributed by atoms with E-state index in [1.807, 2.05) is 0 Å². The second-order valence-electron chi connectivity index (χ2n) is 6.38. The third-order valence-corrected chi connectivity index (χ3v) is 5.05. The lowest BCUT2D eigenvalue weighted by molar-refractivity contribution is -0.672. The highest BCUT2D eigenvalue weighted by Gasteiger charge is 2.44. The standard InChI is InChI=1S/C17H24NO/c1-11-8-12(2)16-13(3)15(11)10-19-17(16)14-6-5-7-18(4)9-14/h5-9,11,13,15-17H,10H2,1-4H3/q+1/t11-,13+,15+,16+,17-/m0/s1. The van der Waals surface area contributed by atoms with Gasteiger partial charge in [0.25, 0.3) is 0 Å². The van der Waals surface area contributed by atoms with Gasteiger partial charge in [0.2, 0.25) is 0 Å². The number of aryl methyl sites for hydroxylation is 1. The van der Waals surface area contributed by atoms with E-state index >= 15 is 0 Å². The number of hydrogen-bond donors (Lipinski definition) is 0. The molecule has 0 amide bonds. The number of fused-ring (bicyclic) bond motifs is 2. The average Bonchev–Trinajstić information content (AvgIpc) is 2.35. The van der Waals surface area contributed by atoms with Crippen LogP contribution in [0.25, 0.3) is 0 Å². The minimum atomic E-state index is 0.224. The molecule has 2 heterocycles. The minimum absolute atomic E-state index is 0.224. The van der Waals surface area contributed by atoms with Crippen LogP contribution < -0.4 is 4.57 Å². The van der Waals surface area contributed by atoms with Gasteiger partial charge in [-0.05, 0) is 30.7 Å². The Balaban J connectivity index is 1.98. The Hall–Kier alpha value is -1.15. The first-order valence-corrected chi connectivity index (χ1v) is 7.33. The zero-order valence-electron chi connectivity index (χ0n) is 12.3. The Morgan fingerprint density at radius 3 is 2.84 bits per heavy atom. The molecule has 0 saturated carbocycles. The first-order chi connectivity index (χ1) is 9.08. The van der Waals surface area contributed by atoms with E-state index in [0.29, 0.717) is 23.7 Å². The summed E-state index contributed by atoms with van der Waals surface area (Å²) in [4.78, 5) is 0. The van der Waals surface area contributed by atoms with Crippen molar-refractivity contribution < 1.29 is 9.30 Å². The van der Waals surface area contributed by atoms with Crippen LogP contribution in [-0.4, -0.2) is 6.61 Å². The Labute approximate surface area is 116 Å². The Morgan fingerprint density at radius 2 is 2.11 bits per heavy atom. The van der Waals surface area contributed by atoms with Gasteiger partial charge in [-0.3, -0.25) is 0 Å². The summed E-state index contributed by atoms with van der Waals surface area (Å²) in [6.45, 7) is 7.90. The number of hydrogen-bond acceptors (Lipinski definition) is 1. The number of aromatic nitrogens is 1. The molecule has 102 valence electrons. The third kappa shape index (κ3) is 2.12. The van der Waals surface area contributed by atoms with E-state index in [9.17, 15) is 0 Å². The van der Waals surface area contributed by atoms with E-state index in [0.717, 1.165) is 6.61 Å². The van der Waals surface area contributed by atoms with Crippen molar-refractivity contribution in [2.75, 3.05) is 6.61 Å². The van der Waals surface area contributed by atoms with Crippen molar-refractivity contribution in [2.45, 2.75) is 26.9 Å². The maximum Gasteiger partial charge on any atom is 0.174 e. The Bertz CT molecular complexity index is 508. The summed E-state index contributed by atoms with van der Waals surface area (Å²) in [7, 11) is 2.07. The van der Waals surface area contributed by atoms with Gasteiger partial charge < -0.3 is 4.74 Å². The quantitative estimate of drug-likeness (QED) is 0.557. The van der Waals surface area contributed by atoms with Gasteiger partial charge in [-0.25, -0.2) is 4.57 Å². The van der Waals surface area contributed by atoms with Crippen molar-refractivity contribution in [2.24, 2.45) is 30.7 Å². The van der Waals surface area contributed by atoms with E-state index < -0.39 is 0 Å². The predicted octanol–water partition coefficient (Wildman–Crippen LogP) is 3.05. The maximum atomic E-state index is 6.24. The lowest BCUT2D eigenvalue weighted by Crippen LogP contribution is -2.43. The summed E-state index contributed by atoms with van der Waals surface area (Å²) in [5.41, 5.74) is 2.81. The highest BCUT2D eigenvalue weighted by atomic mass is 16.5. The average molecular weight is 258 g/mol. The van der Waals surface area contributed by atoms with Crippen LogP contribution in [0.2, 0.25) is 0 Å².